The van der Waals surface area contributed by atoms with Gasteiger partial charge in [0, 0.05) is 25.5 Å². The molecule has 2 rings (SSSR count). The van der Waals surface area contributed by atoms with Crippen molar-refractivity contribution < 1.29 is 5.11 Å². The molecule has 0 aliphatic rings. The molecule has 1 heterocycles. The SMILES string of the molecule is CCN(CCc1ccncc1)CCC(O)c1c(C)cc(C)cc1C. The van der Waals surface area contributed by atoms with Crippen molar-refractivity contribution in [1.29, 1.82) is 0 Å². The third-order valence-electron chi connectivity index (χ3n) is 4.70. The van der Waals surface area contributed by atoms with Crippen LogP contribution in [0.1, 0.15) is 47.3 Å². The molecule has 0 aliphatic heterocycles. The number of hydrogen-bond donors (Lipinski definition) is 1. The fraction of sp³-hybridized carbons (Fsp3) is 0.476. The van der Waals surface area contributed by atoms with Gasteiger partial charge in [-0.2, -0.15) is 0 Å². The summed E-state index contributed by atoms with van der Waals surface area (Å²) >= 11 is 0. The highest BCUT2D eigenvalue weighted by Gasteiger charge is 2.15. The molecular formula is C21H30N2O. The lowest BCUT2D eigenvalue weighted by molar-refractivity contribution is 0.143. The Morgan fingerprint density at radius 2 is 1.67 bits per heavy atom. The molecule has 3 nitrogen and oxygen atoms in total. The highest BCUT2D eigenvalue weighted by atomic mass is 16.3. The second-order valence-electron chi connectivity index (χ2n) is 6.66. The molecule has 0 spiro atoms. The van der Waals surface area contributed by atoms with Gasteiger partial charge in [0.15, 0.2) is 0 Å². The number of aliphatic hydroxyl groups is 1. The van der Waals surface area contributed by atoms with Crippen molar-refractivity contribution in [3.63, 3.8) is 0 Å². The van der Waals surface area contributed by atoms with Crippen LogP contribution in [0.3, 0.4) is 0 Å². The molecule has 1 aromatic carbocycles. The van der Waals surface area contributed by atoms with Crippen molar-refractivity contribution in [2.75, 3.05) is 19.6 Å². The molecule has 0 saturated carbocycles. The first-order chi connectivity index (χ1) is 11.5. The van der Waals surface area contributed by atoms with E-state index in [1.165, 1.54) is 22.3 Å². The van der Waals surface area contributed by atoms with Crippen LogP contribution in [0, 0.1) is 20.8 Å². The van der Waals surface area contributed by atoms with Gasteiger partial charge in [0.25, 0.3) is 0 Å². The van der Waals surface area contributed by atoms with E-state index in [0.717, 1.165) is 38.0 Å². The number of nitrogens with zero attached hydrogens (tertiary/aromatic N) is 2. The highest BCUT2D eigenvalue weighted by Crippen LogP contribution is 2.26. The Kier molecular flexibility index (Phi) is 6.95. The Morgan fingerprint density at radius 1 is 1.04 bits per heavy atom. The Morgan fingerprint density at radius 3 is 2.25 bits per heavy atom. The van der Waals surface area contributed by atoms with Gasteiger partial charge in [-0.15, -0.1) is 0 Å². The van der Waals surface area contributed by atoms with E-state index in [1.807, 2.05) is 12.4 Å². The summed E-state index contributed by atoms with van der Waals surface area (Å²) in [5.41, 5.74) is 6.06. The monoisotopic (exact) mass is 326 g/mol. The standard InChI is InChI=1S/C21H30N2O/c1-5-23(12-8-19-6-10-22-11-7-19)13-9-20(24)21-17(3)14-16(2)15-18(21)4/h6-7,10-11,14-15,20,24H,5,8-9,12-13H2,1-4H3. The smallest absolute Gasteiger partial charge is 0.0807 e. The van der Waals surface area contributed by atoms with Crippen molar-refractivity contribution >= 4 is 0 Å². The lowest BCUT2D eigenvalue weighted by atomic mass is 9.94. The van der Waals surface area contributed by atoms with Crippen LogP contribution in [0.4, 0.5) is 0 Å². The molecule has 1 unspecified atom stereocenters. The molecule has 0 fully saturated rings. The van der Waals surface area contributed by atoms with Gasteiger partial charge in [0.1, 0.15) is 0 Å². The Hall–Kier alpha value is -1.71. The summed E-state index contributed by atoms with van der Waals surface area (Å²) in [7, 11) is 0. The zero-order valence-corrected chi connectivity index (χ0v) is 15.4. The van der Waals surface area contributed by atoms with Crippen LogP contribution in [0.2, 0.25) is 0 Å². The van der Waals surface area contributed by atoms with E-state index in [0.29, 0.717) is 0 Å². The summed E-state index contributed by atoms with van der Waals surface area (Å²) in [5, 5.41) is 10.7. The van der Waals surface area contributed by atoms with Crippen molar-refractivity contribution in [2.24, 2.45) is 0 Å². The van der Waals surface area contributed by atoms with E-state index in [2.05, 4.69) is 61.8 Å². The summed E-state index contributed by atoms with van der Waals surface area (Å²) in [4.78, 5) is 6.47. The third kappa shape index (κ3) is 5.15. The Bertz CT molecular complexity index is 617. The largest absolute Gasteiger partial charge is 0.388 e. The van der Waals surface area contributed by atoms with Crippen LogP contribution < -0.4 is 0 Å². The average molecular weight is 326 g/mol. The summed E-state index contributed by atoms with van der Waals surface area (Å²) in [6.07, 6.45) is 5.10. The number of benzene rings is 1. The maximum atomic E-state index is 10.7. The Balaban J connectivity index is 1.90. The predicted molar refractivity (Wildman–Crippen MR) is 100 cm³/mol. The zero-order chi connectivity index (χ0) is 17.5. The summed E-state index contributed by atoms with van der Waals surface area (Å²) < 4.78 is 0. The van der Waals surface area contributed by atoms with E-state index in [4.69, 9.17) is 0 Å². The van der Waals surface area contributed by atoms with Gasteiger partial charge in [0.05, 0.1) is 6.10 Å². The first kappa shape index (κ1) is 18.6. The number of pyridine rings is 1. The molecule has 0 aliphatic carbocycles. The van der Waals surface area contributed by atoms with Gasteiger partial charge in [-0.05, 0) is 74.5 Å². The second kappa shape index (κ2) is 8.95. The molecule has 1 N–H and O–H groups in total. The molecule has 1 aromatic heterocycles. The van der Waals surface area contributed by atoms with Crippen molar-refractivity contribution in [3.8, 4) is 0 Å². The number of rotatable bonds is 8. The average Bonchev–Trinajstić information content (AvgIpc) is 2.55. The number of hydrogen-bond acceptors (Lipinski definition) is 3. The maximum absolute atomic E-state index is 10.7. The number of likely N-dealkylation sites (N-methyl/N-ethyl adjacent to an activating group) is 1. The quantitative estimate of drug-likeness (QED) is 0.797. The van der Waals surface area contributed by atoms with E-state index in [-0.39, 0.29) is 6.10 Å². The maximum Gasteiger partial charge on any atom is 0.0807 e. The molecule has 0 bridgehead atoms. The molecular weight excluding hydrogens is 296 g/mol. The summed E-state index contributed by atoms with van der Waals surface area (Å²) in [5.74, 6) is 0. The normalized spacial score (nSPS) is 12.6. The lowest BCUT2D eigenvalue weighted by Gasteiger charge is -2.23. The fourth-order valence-electron chi connectivity index (χ4n) is 3.43. The van der Waals surface area contributed by atoms with Gasteiger partial charge >= 0.3 is 0 Å². The minimum Gasteiger partial charge on any atom is -0.388 e. The molecule has 0 saturated heterocycles. The highest BCUT2D eigenvalue weighted by molar-refractivity contribution is 5.38. The summed E-state index contributed by atoms with van der Waals surface area (Å²) in [6.45, 7) is 11.4. The number of aliphatic hydroxyl groups excluding tert-OH is 1. The minimum atomic E-state index is -0.388. The first-order valence-corrected chi connectivity index (χ1v) is 8.88. The second-order valence-corrected chi connectivity index (χ2v) is 6.66. The van der Waals surface area contributed by atoms with E-state index >= 15 is 0 Å². The van der Waals surface area contributed by atoms with Gasteiger partial charge in [-0.1, -0.05) is 24.6 Å². The number of aryl methyl sites for hydroxylation is 3. The van der Waals surface area contributed by atoms with Crippen molar-refractivity contribution in [1.82, 2.24) is 9.88 Å². The topological polar surface area (TPSA) is 36.4 Å². The van der Waals surface area contributed by atoms with E-state index in [1.54, 1.807) is 0 Å². The van der Waals surface area contributed by atoms with Crippen molar-refractivity contribution in [2.45, 2.75) is 46.6 Å². The molecule has 0 radical (unpaired) electrons. The van der Waals surface area contributed by atoms with Crippen LogP contribution in [0.25, 0.3) is 0 Å². The Labute approximate surface area is 146 Å². The van der Waals surface area contributed by atoms with Crippen LogP contribution in [0.15, 0.2) is 36.7 Å². The minimum absolute atomic E-state index is 0.388. The molecule has 0 amide bonds. The molecule has 2 aromatic rings. The number of aromatic nitrogens is 1. The van der Waals surface area contributed by atoms with Gasteiger partial charge in [-0.25, -0.2) is 0 Å². The van der Waals surface area contributed by atoms with Crippen molar-refractivity contribution in [3.05, 3.63) is 64.5 Å². The van der Waals surface area contributed by atoms with E-state index in [9.17, 15) is 5.11 Å². The zero-order valence-electron chi connectivity index (χ0n) is 15.4. The third-order valence-corrected chi connectivity index (χ3v) is 4.70. The molecule has 1 atom stereocenters. The first-order valence-electron chi connectivity index (χ1n) is 8.88. The van der Waals surface area contributed by atoms with Gasteiger partial charge < -0.3 is 10.0 Å². The van der Waals surface area contributed by atoms with Crippen LogP contribution >= 0.6 is 0 Å². The predicted octanol–water partition coefficient (Wildman–Crippen LogP) is 3.99. The van der Waals surface area contributed by atoms with Crippen LogP contribution in [-0.2, 0) is 6.42 Å². The summed E-state index contributed by atoms with van der Waals surface area (Å²) in [6, 6.07) is 8.46. The molecule has 3 heteroatoms. The fourth-order valence-corrected chi connectivity index (χ4v) is 3.43. The van der Waals surface area contributed by atoms with Crippen LogP contribution in [-0.4, -0.2) is 34.6 Å². The molecule has 24 heavy (non-hydrogen) atoms. The molecule has 130 valence electrons. The van der Waals surface area contributed by atoms with Crippen LogP contribution in [0.5, 0.6) is 0 Å². The van der Waals surface area contributed by atoms with E-state index < -0.39 is 0 Å². The van der Waals surface area contributed by atoms with Gasteiger partial charge in [0.2, 0.25) is 0 Å². The lowest BCUT2D eigenvalue weighted by Crippen LogP contribution is -2.28. The van der Waals surface area contributed by atoms with Gasteiger partial charge in [-0.3, -0.25) is 4.98 Å².